The third-order valence-corrected chi connectivity index (χ3v) is 11.4. The zero-order chi connectivity index (χ0) is 25.6. The van der Waals surface area contributed by atoms with Gasteiger partial charge in [0.1, 0.15) is 6.04 Å². The molecule has 1 aliphatic carbocycles. The van der Waals surface area contributed by atoms with Gasteiger partial charge in [0.05, 0.1) is 11.4 Å². The van der Waals surface area contributed by atoms with E-state index in [9.17, 15) is 17.8 Å². The van der Waals surface area contributed by atoms with Crippen LogP contribution in [0.1, 0.15) is 59.8 Å². The molecule has 194 valence electrons. The largest absolute Gasteiger partial charge is 0.465 e. The van der Waals surface area contributed by atoms with Crippen LogP contribution in [0.25, 0.3) is 0 Å². The van der Waals surface area contributed by atoms with Crippen molar-refractivity contribution in [2.75, 3.05) is 26.5 Å². The third-order valence-electron chi connectivity index (χ3n) is 6.23. The van der Waals surface area contributed by atoms with E-state index in [1.807, 2.05) is 48.7 Å². The number of esters is 1. The molecule has 0 saturated carbocycles. The van der Waals surface area contributed by atoms with Crippen LogP contribution >= 0.6 is 10.5 Å². The summed E-state index contributed by atoms with van der Waals surface area (Å²) in [6.07, 6.45) is 6.47. The maximum atomic E-state index is 13.1. The third kappa shape index (κ3) is 7.07. The lowest BCUT2D eigenvalue weighted by atomic mass is 9.85. The Morgan fingerprint density at radius 2 is 1.82 bits per heavy atom. The molecular weight excluding hydrogens is 472 g/mol. The number of benzene rings is 1. The number of ether oxygens (including phenoxy) is 1. The lowest BCUT2D eigenvalue weighted by Gasteiger charge is -2.43. The van der Waals surface area contributed by atoms with Crippen molar-refractivity contribution in [3.8, 4) is 0 Å². The summed E-state index contributed by atoms with van der Waals surface area (Å²) in [5, 5.41) is 0. The summed E-state index contributed by atoms with van der Waals surface area (Å²) in [4.78, 5) is 13.9. The zero-order valence-electron chi connectivity index (χ0n) is 21.4. The first-order chi connectivity index (χ1) is 15.8. The molecule has 0 saturated heterocycles. The molecule has 1 aromatic rings. The molecule has 0 radical (unpaired) electrons. The Balaban J connectivity index is 2.55. The van der Waals surface area contributed by atoms with Gasteiger partial charge in [-0.3, -0.25) is 4.79 Å². The highest BCUT2D eigenvalue weighted by Gasteiger charge is 2.41. The molecule has 3 atom stereocenters. The lowest BCUT2D eigenvalue weighted by Crippen LogP contribution is -2.52. The Morgan fingerprint density at radius 1 is 1.18 bits per heavy atom. The Bertz CT molecular complexity index is 942. The molecule has 2 N–H and O–H groups in total. The predicted molar refractivity (Wildman–Crippen MR) is 140 cm³/mol. The highest BCUT2D eigenvalue weighted by Crippen LogP contribution is 2.56. The number of rotatable bonds is 9. The zero-order valence-corrected chi connectivity index (χ0v) is 23.0. The van der Waals surface area contributed by atoms with Crippen molar-refractivity contribution >= 4 is 26.5 Å². The average molecular weight is 515 g/mol. The first-order valence-electron chi connectivity index (χ1n) is 12.0. The van der Waals surface area contributed by atoms with Gasteiger partial charge in [-0.05, 0) is 73.2 Å². The standard InChI is InChI=1S/C25H42N2O5S2/c1-7-32-24(28)23(26-34(30,31)25(2,3)4)22-18-14-9-8-11-15-20(22)19-33(29,27(5)6)21-16-12-10-13-17-21/h10,12-13,15-17,22-23,26,29H,7-9,11,14,18-19H2,1-6H3/b20-15-/t22-,23+/m1/s1. The summed E-state index contributed by atoms with van der Waals surface area (Å²) in [7, 11) is -2.51. The van der Waals surface area contributed by atoms with Gasteiger partial charge in [0.25, 0.3) is 0 Å². The minimum Gasteiger partial charge on any atom is -0.465 e. The molecule has 34 heavy (non-hydrogen) atoms. The maximum absolute atomic E-state index is 13.1. The maximum Gasteiger partial charge on any atom is 0.324 e. The molecule has 0 aliphatic heterocycles. The number of carbonyl (C=O) groups is 1. The molecule has 7 nitrogen and oxygen atoms in total. The molecule has 0 heterocycles. The molecule has 0 spiro atoms. The van der Waals surface area contributed by atoms with E-state index < -0.39 is 43.2 Å². The van der Waals surface area contributed by atoms with Gasteiger partial charge in [0.15, 0.2) is 0 Å². The summed E-state index contributed by atoms with van der Waals surface area (Å²) in [5.74, 6) is -0.643. The number of sulfonamides is 1. The molecule has 1 aromatic carbocycles. The lowest BCUT2D eigenvalue weighted by molar-refractivity contribution is -0.146. The predicted octanol–water partition coefficient (Wildman–Crippen LogP) is 4.96. The van der Waals surface area contributed by atoms with Crippen LogP contribution in [-0.4, -0.2) is 60.5 Å². The molecule has 0 aromatic heterocycles. The Labute approximate surface area is 207 Å². The summed E-state index contributed by atoms with van der Waals surface area (Å²) >= 11 is 0. The topological polar surface area (TPSA) is 95.9 Å². The van der Waals surface area contributed by atoms with Crippen LogP contribution in [0.3, 0.4) is 0 Å². The van der Waals surface area contributed by atoms with Gasteiger partial charge in [-0.15, -0.1) is 0 Å². The second-order valence-corrected chi connectivity index (χ2v) is 15.2. The number of allylic oxidation sites excluding steroid dienone is 1. The first kappa shape index (κ1) is 28.8. The second kappa shape index (κ2) is 12.0. The first-order valence-corrected chi connectivity index (χ1v) is 15.2. The van der Waals surface area contributed by atoms with Crippen LogP contribution in [0.5, 0.6) is 0 Å². The van der Waals surface area contributed by atoms with Crippen molar-refractivity contribution in [2.45, 2.75) is 75.5 Å². The van der Waals surface area contributed by atoms with Crippen molar-refractivity contribution < 1.29 is 22.5 Å². The normalized spacial score (nSPS) is 23.1. The molecule has 0 amide bonds. The van der Waals surface area contributed by atoms with Crippen molar-refractivity contribution in [1.82, 2.24) is 9.03 Å². The fourth-order valence-corrected chi connectivity index (χ4v) is 7.21. The van der Waals surface area contributed by atoms with E-state index in [1.54, 1.807) is 27.7 Å². The van der Waals surface area contributed by atoms with E-state index in [4.69, 9.17) is 4.74 Å². The Hall–Kier alpha value is -1.39. The molecule has 0 bridgehead atoms. The quantitative estimate of drug-likeness (QED) is 0.357. The van der Waals surface area contributed by atoms with E-state index in [2.05, 4.69) is 10.8 Å². The van der Waals surface area contributed by atoms with Crippen molar-refractivity contribution in [3.05, 3.63) is 42.0 Å². The van der Waals surface area contributed by atoms with Crippen molar-refractivity contribution in [3.63, 3.8) is 0 Å². The minimum atomic E-state index is -3.81. The smallest absolute Gasteiger partial charge is 0.324 e. The summed E-state index contributed by atoms with van der Waals surface area (Å²) in [5.41, 5.74) is 0.907. The molecule has 9 heteroatoms. The van der Waals surface area contributed by atoms with Crippen LogP contribution in [0.2, 0.25) is 0 Å². The van der Waals surface area contributed by atoms with E-state index in [0.717, 1.165) is 36.2 Å². The highest BCUT2D eigenvalue weighted by molar-refractivity contribution is 8.27. The van der Waals surface area contributed by atoms with Gasteiger partial charge in [0.2, 0.25) is 10.0 Å². The fraction of sp³-hybridized carbons (Fsp3) is 0.640. The van der Waals surface area contributed by atoms with Gasteiger partial charge >= 0.3 is 5.97 Å². The monoisotopic (exact) mass is 514 g/mol. The van der Waals surface area contributed by atoms with E-state index >= 15 is 0 Å². The van der Waals surface area contributed by atoms with E-state index in [1.165, 1.54) is 0 Å². The minimum absolute atomic E-state index is 0.162. The Kier molecular flexibility index (Phi) is 10.2. The fourth-order valence-electron chi connectivity index (χ4n) is 4.02. The molecular formula is C25H42N2O5S2. The van der Waals surface area contributed by atoms with Gasteiger partial charge in [-0.1, -0.05) is 53.2 Å². The number of hydrogen-bond donors (Lipinski definition) is 2. The highest BCUT2D eigenvalue weighted by atomic mass is 32.3. The number of nitrogens with one attached hydrogen (secondary N) is 1. The van der Waals surface area contributed by atoms with Crippen LogP contribution in [-0.2, 0) is 19.6 Å². The van der Waals surface area contributed by atoms with E-state index in [-0.39, 0.29) is 6.61 Å². The molecule has 2 rings (SSSR count). The SMILES string of the molecule is CCOC(=O)[C@@H](NS(=O)(=O)C(C)(C)C)[C@@H]1CCCCC/C=C\1CS(O)(c1ccccc1)N(C)C. The van der Waals surface area contributed by atoms with Crippen LogP contribution in [0.4, 0.5) is 0 Å². The number of hydrogen-bond acceptors (Lipinski definition) is 6. The van der Waals surface area contributed by atoms with Crippen molar-refractivity contribution in [1.29, 1.82) is 0 Å². The van der Waals surface area contributed by atoms with Crippen LogP contribution in [0, 0.1) is 5.92 Å². The molecule has 1 unspecified atom stereocenters. The van der Waals surface area contributed by atoms with Gasteiger partial charge < -0.3 is 9.29 Å². The molecule has 1 aliphatic rings. The summed E-state index contributed by atoms with van der Waals surface area (Å²) in [6, 6.07) is 8.50. The second-order valence-electron chi connectivity index (χ2n) is 9.92. The molecule has 0 fully saturated rings. The summed E-state index contributed by atoms with van der Waals surface area (Å²) in [6.45, 7) is 6.70. The number of carbonyl (C=O) groups excluding carboxylic acids is 1. The Morgan fingerprint density at radius 3 is 2.38 bits per heavy atom. The van der Waals surface area contributed by atoms with E-state index in [0.29, 0.717) is 12.2 Å². The van der Waals surface area contributed by atoms with Crippen LogP contribution < -0.4 is 4.72 Å². The van der Waals surface area contributed by atoms with Gasteiger partial charge in [0, 0.05) is 16.6 Å². The van der Waals surface area contributed by atoms with Crippen molar-refractivity contribution in [2.24, 2.45) is 5.92 Å². The number of nitrogens with zero attached hydrogens (tertiary/aromatic N) is 1. The summed E-state index contributed by atoms with van der Waals surface area (Å²) < 4.78 is 46.9. The van der Waals surface area contributed by atoms with Crippen LogP contribution in [0.15, 0.2) is 46.9 Å². The van der Waals surface area contributed by atoms with Gasteiger partial charge in [-0.25, -0.2) is 12.7 Å². The average Bonchev–Trinajstić information content (AvgIpc) is 2.74. The van der Waals surface area contributed by atoms with Gasteiger partial charge in [-0.2, -0.15) is 4.72 Å².